The van der Waals surface area contributed by atoms with E-state index in [0.717, 1.165) is 12.1 Å². The number of carbonyl (C=O) groups is 2. The van der Waals surface area contributed by atoms with Crippen molar-refractivity contribution < 1.29 is 23.1 Å². The van der Waals surface area contributed by atoms with E-state index in [-0.39, 0.29) is 11.6 Å². The van der Waals surface area contributed by atoms with E-state index in [1.807, 2.05) is 13.8 Å². The van der Waals surface area contributed by atoms with Crippen molar-refractivity contribution in [2.75, 3.05) is 12.4 Å². The molecule has 0 fully saturated rings. The molecule has 1 atom stereocenters. The van der Waals surface area contributed by atoms with Gasteiger partial charge in [0.1, 0.15) is 17.7 Å². The number of anilines is 1. The van der Waals surface area contributed by atoms with Crippen LogP contribution < -0.4 is 10.6 Å². The Kier molecular flexibility index (Phi) is 6.08. The summed E-state index contributed by atoms with van der Waals surface area (Å²) in [7, 11) is 1.22. The summed E-state index contributed by atoms with van der Waals surface area (Å²) < 4.78 is 30.8. The Labute approximate surface area is 121 Å². The molecule has 1 rings (SSSR count). The molecule has 0 unspecified atom stereocenters. The maximum absolute atomic E-state index is 13.4. The number of benzene rings is 1. The number of halogens is 2. The lowest BCUT2D eigenvalue weighted by molar-refractivity contribution is -0.143. The average Bonchev–Trinajstić information content (AvgIpc) is 2.39. The number of rotatable bonds is 5. The molecule has 1 aromatic rings. The number of nitrogens with one attached hydrogen (secondary N) is 2. The van der Waals surface area contributed by atoms with E-state index in [9.17, 15) is 18.4 Å². The standard InChI is InChI=1S/C14H18F2N2O3/c1-8(2)6-12(13(19)21-3)18-14(20)17-11-5-4-9(15)7-10(11)16/h4-5,7-8,12H,6H2,1-3H3,(H2,17,18,20)/t12-/m0/s1. The van der Waals surface area contributed by atoms with Crippen LogP contribution in [0.4, 0.5) is 19.3 Å². The SMILES string of the molecule is COC(=O)[C@H](CC(C)C)NC(=O)Nc1ccc(F)cc1F. The first-order valence-corrected chi connectivity index (χ1v) is 6.44. The number of amides is 2. The van der Waals surface area contributed by atoms with Gasteiger partial charge in [0.25, 0.3) is 0 Å². The fraction of sp³-hybridized carbons (Fsp3) is 0.429. The lowest BCUT2D eigenvalue weighted by Gasteiger charge is -2.18. The van der Waals surface area contributed by atoms with E-state index in [2.05, 4.69) is 15.4 Å². The summed E-state index contributed by atoms with van der Waals surface area (Å²) in [5.74, 6) is -2.08. The molecule has 116 valence electrons. The fourth-order valence-electron chi connectivity index (χ4n) is 1.74. The third kappa shape index (κ3) is 5.37. The average molecular weight is 300 g/mol. The Morgan fingerprint density at radius 1 is 1.29 bits per heavy atom. The summed E-state index contributed by atoms with van der Waals surface area (Å²) >= 11 is 0. The summed E-state index contributed by atoms with van der Waals surface area (Å²) in [6.07, 6.45) is 0.381. The fourth-order valence-corrected chi connectivity index (χ4v) is 1.74. The predicted molar refractivity (Wildman–Crippen MR) is 73.8 cm³/mol. The van der Waals surface area contributed by atoms with E-state index >= 15 is 0 Å². The molecule has 2 N–H and O–H groups in total. The first-order valence-electron chi connectivity index (χ1n) is 6.44. The summed E-state index contributed by atoms with van der Waals surface area (Å²) in [6, 6.07) is 1.17. The normalized spacial score (nSPS) is 11.9. The van der Waals surface area contributed by atoms with Gasteiger partial charge in [0, 0.05) is 6.07 Å². The number of hydrogen-bond donors (Lipinski definition) is 2. The van der Waals surface area contributed by atoms with E-state index in [1.165, 1.54) is 7.11 Å². The summed E-state index contributed by atoms with van der Waals surface area (Å²) in [4.78, 5) is 23.3. The van der Waals surface area contributed by atoms with Crippen LogP contribution in [-0.2, 0) is 9.53 Å². The Morgan fingerprint density at radius 2 is 1.95 bits per heavy atom. The van der Waals surface area contributed by atoms with Gasteiger partial charge in [-0.05, 0) is 24.5 Å². The number of urea groups is 1. The highest BCUT2D eigenvalue weighted by atomic mass is 19.1. The molecule has 0 heterocycles. The second-order valence-electron chi connectivity index (χ2n) is 4.93. The Hall–Kier alpha value is -2.18. The zero-order valence-electron chi connectivity index (χ0n) is 12.1. The minimum atomic E-state index is -0.899. The Balaban J connectivity index is 2.71. The van der Waals surface area contributed by atoms with Gasteiger partial charge in [-0.3, -0.25) is 0 Å². The molecular formula is C14H18F2N2O3. The molecule has 0 bridgehead atoms. The molecule has 2 amide bonds. The highest BCUT2D eigenvalue weighted by Gasteiger charge is 2.22. The van der Waals surface area contributed by atoms with Crippen LogP contribution in [0.15, 0.2) is 18.2 Å². The van der Waals surface area contributed by atoms with Gasteiger partial charge in [-0.2, -0.15) is 0 Å². The van der Waals surface area contributed by atoms with Crippen LogP contribution in [0, 0.1) is 17.6 Å². The van der Waals surface area contributed by atoms with Crippen molar-refractivity contribution in [2.24, 2.45) is 5.92 Å². The summed E-state index contributed by atoms with van der Waals surface area (Å²) in [6.45, 7) is 3.77. The number of carbonyl (C=O) groups excluding carboxylic acids is 2. The molecule has 0 saturated carbocycles. The number of ether oxygens (including phenoxy) is 1. The number of esters is 1. The van der Waals surface area contributed by atoms with Crippen molar-refractivity contribution >= 4 is 17.7 Å². The second-order valence-corrected chi connectivity index (χ2v) is 4.93. The molecule has 0 aliphatic rings. The van der Waals surface area contributed by atoms with Crippen molar-refractivity contribution in [3.8, 4) is 0 Å². The molecule has 0 aromatic heterocycles. The van der Waals surface area contributed by atoms with Gasteiger partial charge in [-0.1, -0.05) is 13.8 Å². The molecule has 1 aromatic carbocycles. The summed E-state index contributed by atoms with van der Waals surface area (Å²) in [5, 5.41) is 4.62. The van der Waals surface area contributed by atoms with Crippen molar-refractivity contribution in [3.05, 3.63) is 29.8 Å². The highest BCUT2D eigenvalue weighted by molar-refractivity contribution is 5.92. The van der Waals surface area contributed by atoms with Gasteiger partial charge in [-0.25, -0.2) is 18.4 Å². The maximum atomic E-state index is 13.4. The largest absolute Gasteiger partial charge is 0.467 e. The lowest BCUT2D eigenvalue weighted by Crippen LogP contribution is -2.44. The molecule has 0 aliphatic carbocycles. The lowest BCUT2D eigenvalue weighted by atomic mass is 10.0. The minimum absolute atomic E-state index is 0.150. The van der Waals surface area contributed by atoms with E-state index < -0.39 is 29.7 Å². The quantitative estimate of drug-likeness (QED) is 0.822. The first kappa shape index (κ1) is 16.9. The molecule has 0 saturated heterocycles. The van der Waals surface area contributed by atoms with E-state index in [4.69, 9.17) is 0 Å². The molecule has 21 heavy (non-hydrogen) atoms. The Morgan fingerprint density at radius 3 is 2.48 bits per heavy atom. The third-order valence-corrected chi connectivity index (χ3v) is 2.68. The maximum Gasteiger partial charge on any atom is 0.328 e. The third-order valence-electron chi connectivity index (χ3n) is 2.68. The highest BCUT2D eigenvalue weighted by Crippen LogP contribution is 2.15. The van der Waals surface area contributed by atoms with Crippen molar-refractivity contribution in [1.29, 1.82) is 0 Å². The molecule has 0 radical (unpaired) electrons. The first-order chi connectivity index (χ1) is 9.83. The van der Waals surface area contributed by atoms with Gasteiger partial charge in [-0.15, -0.1) is 0 Å². The molecule has 5 nitrogen and oxygen atoms in total. The van der Waals surface area contributed by atoms with E-state index in [0.29, 0.717) is 12.5 Å². The topological polar surface area (TPSA) is 67.4 Å². The number of methoxy groups -OCH3 is 1. The van der Waals surface area contributed by atoms with Crippen LogP contribution in [0.5, 0.6) is 0 Å². The van der Waals surface area contributed by atoms with Crippen LogP contribution in [0.3, 0.4) is 0 Å². The molecule has 7 heteroatoms. The molecular weight excluding hydrogens is 282 g/mol. The van der Waals surface area contributed by atoms with Gasteiger partial charge in [0.05, 0.1) is 12.8 Å². The van der Waals surface area contributed by atoms with Crippen LogP contribution >= 0.6 is 0 Å². The number of hydrogen-bond acceptors (Lipinski definition) is 3. The van der Waals surface area contributed by atoms with Crippen molar-refractivity contribution in [1.82, 2.24) is 5.32 Å². The zero-order chi connectivity index (χ0) is 16.0. The van der Waals surface area contributed by atoms with Gasteiger partial charge >= 0.3 is 12.0 Å². The monoisotopic (exact) mass is 300 g/mol. The second kappa shape index (κ2) is 7.56. The molecule has 0 spiro atoms. The van der Waals surface area contributed by atoms with E-state index in [1.54, 1.807) is 0 Å². The van der Waals surface area contributed by atoms with Crippen LogP contribution in [0.25, 0.3) is 0 Å². The van der Waals surface area contributed by atoms with Crippen LogP contribution in [0.2, 0.25) is 0 Å². The minimum Gasteiger partial charge on any atom is -0.467 e. The van der Waals surface area contributed by atoms with Crippen molar-refractivity contribution in [2.45, 2.75) is 26.3 Å². The molecule has 0 aliphatic heterocycles. The van der Waals surface area contributed by atoms with Crippen LogP contribution in [-0.4, -0.2) is 25.2 Å². The zero-order valence-corrected chi connectivity index (χ0v) is 12.1. The van der Waals surface area contributed by atoms with Crippen molar-refractivity contribution in [3.63, 3.8) is 0 Å². The van der Waals surface area contributed by atoms with Crippen LogP contribution in [0.1, 0.15) is 20.3 Å². The smallest absolute Gasteiger partial charge is 0.328 e. The van der Waals surface area contributed by atoms with Gasteiger partial charge < -0.3 is 15.4 Å². The van der Waals surface area contributed by atoms with Gasteiger partial charge in [0.2, 0.25) is 0 Å². The van der Waals surface area contributed by atoms with Gasteiger partial charge in [0.15, 0.2) is 0 Å². The predicted octanol–water partition coefficient (Wildman–Crippen LogP) is 2.67. The summed E-state index contributed by atoms with van der Waals surface area (Å²) in [5.41, 5.74) is -0.179. The Bertz CT molecular complexity index is 521.